The second kappa shape index (κ2) is 10.5. The molecule has 0 unspecified atom stereocenters. The lowest BCUT2D eigenvalue weighted by Crippen LogP contribution is -2.23. The van der Waals surface area contributed by atoms with E-state index in [0.29, 0.717) is 34.0 Å². The number of hydrogen-bond acceptors (Lipinski definition) is 4. The van der Waals surface area contributed by atoms with Crippen LogP contribution in [0.4, 0.5) is 4.39 Å². The van der Waals surface area contributed by atoms with E-state index in [1.54, 1.807) is 24.3 Å². The molecule has 5 aromatic carbocycles. The number of nitrogens with zero attached hydrogens (tertiary/aromatic N) is 1. The molecule has 2 N–H and O–H groups in total. The molecular formula is C33H23FN2O4. The van der Waals surface area contributed by atoms with E-state index >= 15 is 0 Å². The summed E-state index contributed by atoms with van der Waals surface area (Å²) in [6.45, 7) is 0.215. The Balaban J connectivity index is 1.37. The number of halogens is 1. The number of carboxylic acid groups (broad SMARTS) is 1. The van der Waals surface area contributed by atoms with Gasteiger partial charge in [0.05, 0.1) is 22.2 Å². The van der Waals surface area contributed by atoms with Crippen molar-refractivity contribution < 1.29 is 23.6 Å². The van der Waals surface area contributed by atoms with Crippen molar-refractivity contribution in [1.82, 2.24) is 10.5 Å². The van der Waals surface area contributed by atoms with Crippen LogP contribution in [0.25, 0.3) is 32.9 Å². The third kappa shape index (κ3) is 4.92. The number of fused-ring (bicyclic) bond motifs is 2. The normalized spacial score (nSPS) is 11.1. The lowest BCUT2D eigenvalue weighted by atomic mass is 9.96. The second-order valence-electron chi connectivity index (χ2n) is 9.55. The molecule has 1 aromatic heterocycles. The fourth-order valence-corrected chi connectivity index (χ4v) is 4.87. The molecule has 40 heavy (non-hydrogen) atoms. The van der Waals surface area contributed by atoms with Gasteiger partial charge in [-0.2, -0.15) is 0 Å². The Morgan fingerprint density at radius 3 is 2.38 bits per heavy atom. The summed E-state index contributed by atoms with van der Waals surface area (Å²) in [5, 5.41) is 18.3. The Labute approximate surface area is 228 Å². The van der Waals surface area contributed by atoms with Crippen LogP contribution in [0.3, 0.4) is 0 Å². The van der Waals surface area contributed by atoms with Crippen LogP contribution in [-0.4, -0.2) is 22.1 Å². The Morgan fingerprint density at radius 2 is 1.60 bits per heavy atom. The first-order valence-corrected chi connectivity index (χ1v) is 12.7. The van der Waals surface area contributed by atoms with Gasteiger partial charge < -0.3 is 14.9 Å². The smallest absolute Gasteiger partial charge is 0.335 e. The van der Waals surface area contributed by atoms with Crippen LogP contribution in [0.2, 0.25) is 0 Å². The molecule has 0 saturated heterocycles. The first-order valence-electron chi connectivity index (χ1n) is 12.7. The summed E-state index contributed by atoms with van der Waals surface area (Å²) < 4.78 is 19.9. The summed E-state index contributed by atoms with van der Waals surface area (Å²) in [7, 11) is 0. The molecule has 0 fully saturated rings. The van der Waals surface area contributed by atoms with Gasteiger partial charge in [0.1, 0.15) is 5.82 Å². The van der Waals surface area contributed by atoms with Gasteiger partial charge in [-0.1, -0.05) is 78.0 Å². The van der Waals surface area contributed by atoms with E-state index in [-0.39, 0.29) is 23.8 Å². The van der Waals surface area contributed by atoms with E-state index in [2.05, 4.69) is 10.5 Å². The van der Waals surface area contributed by atoms with Crippen LogP contribution in [0, 0.1) is 5.82 Å². The fraction of sp³-hybridized carbons (Fsp3) is 0.0606. The molecule has 1 amide bonds. The van der Waals surface area contributed by atoms with Crippen LogP contribution in [0.1, 0.15) is 37.5 Å². The Kier molecular flexibility index (Phi) is 6.54. The summed E-state index contributed by atoms with van der Waals surface area (Å²) in [5.74, 6) is -1.59. The number of rotatable bonds is 7. The minimum absolute atomic E-state index is 0.179. The van der Waals surface area contributed by atoms with Crippen LogP contribution in [-0.2, 0) is 13.0 Å². The number of amides is 1. The van der Waals surface area contributed by atoms with E-state index in [0.717, 1.165) is 27.6 Å². The van der Waals surface area contributed by atoms with Crippen molar-refractivity contribution >= 4 is 33.6 Å². The van der Waals surface area contributed by atoms with Crippen molar-refractivity contribution in [2.75, 3.05) is 0 Å². The predicted octanol–water partition coefficient (Wildman–Crippen LogP) is 7.01. The number of carbonyl (C=O) groups is 2. The molecule has 6 nitrogen and oxygen atoms in total. The lowest BCUT2D eigenvalue weighted by Gasteiger charge is -2.10. The highest BCUT2D eigenvalue weighted by molar-refractivity contribution is 6.08. The number of carboxylic acids is 1. The van der Waals surface area contributed by atoms with Gasteiger partial charge in [-0.15, -0.1) is 0 Å². The molecule has 0 saturated carbocycles. The number of nitrogens with one attached hydrogen (secondary N) is 1. The topological polar surface area (TPSA) is 92.4 Å². The van der Waals surface area contributed by atoms with Crippen molar-refractivity contribution in [3.63, 3.8) is 0 Å². The Morgan fingerprint density at radius 1 is 0.825 bits per heavy atom. The third-order valence-corrected chi connectivity index (χ3v) is 6.91. The van der Waals surface area contributed by atoms with Crippen LogP contribution in [0.15, 0.2) is 108 Å². The first-order chi connectivity index (χ1) is 19.5. The molecule has 7 heteroatoms. The molecule has 6 rings (SSSR count). The molecule has 196 valence electrons. The van der Waals surface area contributed by atoms with Crippen molar-refractivity contribution in [2.45, 2.75) is 13.0 Å². The minimum atomic E-state index is -1.01. The van der Waals surface area contributed by atoms with Gasteiger partial charge in [-0.25, -0.2) is 9.18 Å². The SMILES string of the molecule is O=C(O)c1ccc(CNC(=O)c2cc(-c3ccccc3)cc3onc(Cc4ccc5c(F)cccc5c4)c23)cc1. The number of hydrogen-bond donors (Lipinski definition) is 2. The quantitative estimate of drug-likeness (QED) is 0.232. The first kappa shape index (κ1) is 25.0. The summed E-state index contributed by atoms with van der Waals surface area (Å²) in [4.78, 5) is 24.7. The molecule has 0 spiro atoms. The molecule has 0 aliphatic carbocycles. The van der Waals surface area contributed by atoms with Gasteiger partial charge in [-0.05, 0) is 58.0 Å². The van der Waals surface area contributed by atoms with E-state index < -0.39 is 5.97 Å². The van der Waals surface area contributed by atoms with Gasteiger partial charge >= 0.3 is 5.97 Å². The molecule has 0 radical (unpaired) electrons. The van der Waals surface area contributed by atoms with E-state index in [4.69, 9.17) is 9.63 Å². The third-order valence-electron chi connectivity index (χ3n) is 6.91. The Bertz CT molecular complexity index is 1880. The van der Waals surface area contributed by atoms with E-state index in [9.17, 15) is 14.0 Å². The molecule has 0 aliphatic rings. The maximum atomic E-state index is 14.2. The number of aromatic carboxylic acids is 1. The average molecular weight is 531 g/mol. The zero-order chi connectivity index (χ0) is 27.6. The highest BCUT2D eigenvalue weighted by Gasteiger charge is 2.20. The highest BCUT2D eigenvalue weighted by atomic mass is 19.1. The average Bonchev–Trinajstić information content (AvgIpc) is 3.38. The van der Waals surface area contributed by atoms with Crippen molar-refractivity contribution in [3.05, 3.63) is 137 Å². The monoisotopic (exact) mass is 530 g/mol. The van der Waals surface area contributed by atoms with Crippen LogP contribution >= 0.6 is 0 Å². The van der Waals surface area contributed by atoms with E-state index in [1.807, 2.05) is 60.7 Å². The van der Waals surface area contributed by atoms with Crippen LogP contribution in [0.5, 0.6) is 0 Å². The number of carbonyl (C=O) groups excluding carboxylic acids is 1. The van der Waals surface area contributed by atoms with Gasteiger partial charge in [0.15, 0.2) is 5.58 Å². The zero-order valence-corrected chi connectivity index (χ0v) is 21.2. The second-order valence-corrected chi connectivity index (χ2v) is 9.55. The van der Waals surface area contributed by atoms with Crippen LogP contribution < -0.4 is 5.32 Å². The van der Waals surface area contributed by atoms with Crippen molar-refractivity contribution in [1.29, 1.82) is 0 Å². The minimum Gasteiger partial charge on any atom is -0.478 e. The largest absolute Gasteiger partial charge is 0.478 e. The van der Waals surface area contributed by atoms with Gasteiger partial charge in [0.25, 0.3) is 5.91 Å². The number of benzene rings is 5. The summed E-state index contributed by atoms with van der Waals surface area (Å²) in [5.41, 5.74) is 5.10. The van der Waals surface area contributed by atoms with Gasteiger partial charge in [0.2, 0.25) is 0 Å². The molecule has 0 atom stereocenters. The van der Waals surface area contributed by atoms with Crippen molar-refractivity contribution in [3.8, 4) is 11.1 Å². The molecule has 1 heterocycles. The molecule has 0 bridgehead atoms. The molecule has 6 aromatic rings. The van der Waals surface area contributed by atoms with E-state index in [1.165, 1.54) is 18.2 Å². The highest BCUT2D eigenvalue weighted by Crippen LogP contribution is 2.32. The lowest BCUT2D eigenvalue weighted by molar-refractivity contribution is 0.0696. The predicted molar refractivity (Wildman–Crippen MR) is 151 cm³/mol. The number of aromatic nitrogens is 1. The van der Waals surface area contributed by atoms with Gasteiger partial charge in [-0.3, -0.25) is 4.79 Å². The standard InChI is InChI=1S/C33H23FN2O4/c34-28-8-4-7-24-15-21(11-14-26(24)28)16-29-31-27(32(37)35-19-20-9-12-23(13-10-20)33(38)39)17-25(18-30(31)40-36-29)22-5-2-1-3-6-22/h1-15,17-18H,16,19H2,(H,35,37)(H,38,39). The maximum Gasteiger partial charge on any atom is 0.335 e. The molecular weight excluding hydrogens is 507 g/mol. The Hall–Kier alpha value is -5.30. The zero-order valence-electron chi connectivity index (χ0n) is 21.2. The fourth-order valence-electron chi connectivity index (χ4n) is 4.87. The summed E-state index contributed by atoms with van der Waals surface area (Å²) >= 11 is 0. The van der Waals surface area contributed by atoms with Gasteiger partial charge in [0, 0.05) is 18.4 Å². The summed E-state index contributed by atoms with van der Waals surface area (Å²) in [6.07, 6.45) is 0.390. The van der Waals surface area contributed by atoms with Crippen molar-refractivity contribution in [2.24, 2.45) is 0 Å². The molecule has 0 aliphatic heterocycles. The summed E-state index contributed by atoms with van der Waals surface area (Å²) in [6, 6.07) is 30.2. The maximum absolute atomic E-state index is 14.2.